The van der Waals surface area contributed by atoms with E-state index in [1.807, 2.05) is 36.4 Å². The Bertz CT molecular complexity index is 539. The molecule has 0 saturated carbocycles. The second-order valence-corrected chi connectivity index (χ2v) is 3.48. The Morgan fingerprint density at radius 3 is 1.62 bits per heavy atom. The summed E-state index contributed by atoms with van der Waals surface area (Å²) in [5.74, 6) is -3.45. The van der Waals surface area contributed by atoms with Crippen molar-refractivity contribution in [2.24, 2.45) is 0 Å². The summed E-state index contributed by atoms with van der Waals surface area (Å²) in [5, 5.41) is 23.9. The molecule has 0 amide bonds. The molecule has 110 valence electrons. The zero-order valence-corrected chi connectivity index (χ0v) is 10.9. The van der Waals surface area contributed by atoms with Crippen LogP contribution in [0, 0.1) is 0 Å². The summed E-state index contributed by atoms with van der Waals surface area (Å²) in [7, 11) is 0. The van der Waals surface area contributed by atoms with Crippen molar-refractivity contribution in [1.82, 2.24) is 0 Å². The average molecular weight is 290 g/mol. The fraction of sp³-hybridized carbons (Fsp3) is 0. The van der Waals surface area contributed by atoms with Gasteiger partial charge in [-0.25, -0.2) is 14.4 Å². The molecule has 6 heteroatoms. The summed E-state index contributed by atoms with van der Waals surface area (Å²) in [4.78, 5) is 29.2. The summed E-state index contributed by atoms with van der Waals surface area (Å²) in [5.41, 5.74) is 1.05. The van der Waals surface area contributed by atoms with Crippen molar-refractivity contribution in [3.05, 3.63) is 66.3 Å². The SMILES string of the molecule is O=C(O)C=CC(=O)O.O=C(O)C=CC=Cc1ccccc1. The number of allylic oxidation sites excluding steroid dienone is 2. The molecule has 1 aromatic rings. The third-order valence-corrected chi connectivity index (χ3v) is 1.81. The van der Waals surface area contributed by atoms with Gasteiger partial charge >= 0.3 is 17.9 Å². The van der Waals surface area contributed by atoms with Crippen molar-refractivity contribution < 1.29 is 29.7 Å². The fourth-order valence-electron chi connectivity index (χ4n) is 1.01. The minimum absolute atomic E-state index is 0.558. The van der Waals surface area contributed by atoms with Crippen LogP contribution in [-0.2, 0) is 14.4 Å². The molecule has 0 radical (unpaired) electrons. The van der Waals surface area contributed by atoms with Crippen LogP contribution in [0.25, 0.3) is 6.08 Å². The Morgan fingerprint density at radius 2 is 1.19 bits per heavy atom. The first-order valence-corrected chi connectivity index (χ1v) is 5.68. The minimum atomic E-state index is -1.26. The molecule has 0 aliphatic rings. The first kappa shape index (κ1) is 17.8. The summed E-state index contributed by atoms with van der Waals surface area (Å²) < 4.78 is 0. The highest BCUT2D eigenvalue weighted by Gasteiger charge is 1.88. The van der Waals surface area contributed by atoms with Gasteiger partial charge in [-0.3, -0.25) is 0 Å². The standard InChI is InChI=1S/C11H10O2.C4H4O4/c12-11(13)9-5-4-8-10-6-2-1-3-7-10;5-3(6)1-2-4(7)8/h1-9H,(H,12,13);1-2H,(H,5,6)(H,7,8). The van der Waals surface area contributed by atoms with E-state index in [2.05, 4.69) is 0 Å². The number of hydrogen-bond acceptors (Lipinski definition) is 3. The van der Waals surface area contributed by atoms with Gasteiger partial charge in [-0.2, -0.15) is 0 Å². The van der Waals surface area contributed by atoms with E-state index >= 15 is 0 Å². The molecule has 0 spiro atoms. The number of rotatable bonds is 5. The summed E-state index contributed by atoms with van der Waals surface area (Å²) in [6, 6.07) is 9.70. The topological polar surface area (TPSA) is 112 Å². The zero-order chi connectivity index (χ0) is 16.1. The van der Waals surface area contributed by atoms with E-state index < -0.39 is 17.9 Å². The van der Waals surface area contributed by atoms with Crippen molar-refractivity contribution >= 4 is 24.0 Å². The average Bonchev–Trinajstić information content (AvgIpc) is 2.43. The number of carbonyl (C=O) groups is 3. The van der Waals surface area contributed by atoms with E-state index in [1.54, 1.807) is 6.08 Å². The van der Waals surface area contributed by atoms with Crippen molar-refractivity contribution in [3.8, 4) is 0 Å². The van der Waals surface area contributed by atoms with Crippen LogP contribution in [0.2, 0.25) is 0 Å². The molecule has 0 aliphatic carbocycles. The molecule has 0 aliphatic heterocycles. The Hall–Kier alpha value is -3.15. The number of carboxylic acids is 3. The van der Waals surface area contributed by atoms with Gasteiger partial charge in [0.15, 0.2) is 0 Å². The van der Waals surface area contributed by atoms with Crippen LogP contribution in [-0.4, -0.2) is 33.2 Å². The van der Waals surface area contributed by atoms with Gasteiger partial charge in [-0.1, -0.05) is 48.6 Å². The molecule has 21 heavy (non-hydrogen) atoms. The van der Waals surface area contributed by atoms with Crippen molar-refractivity contribution in [1.29, 1.82) is 0 Å². The van der Waals surface area contributed by atoms with Gasteiger partial charge in [-0.15, -0.1) is 0 Å². The highest BCUT2D eigenvalue weighted by Crippen LogP contribution is 2.00. The van der Waals surface area contributed by atoms with Gasteiger partial charge in [-0.05, 0) is 5.56 Å². The van der Waals surface area contributed by atoms with E-state index in [-0.39, 0.29) is 0 Å². The Kier molecular flexibility index (Phi) is 9.13. The van der Waals surface area contributed by atoms with Gasteiger partial charge in [0.1, 0.15) is 0 Å². The zero-order valence-electron chi connectivity index (χ0n) is 10.9. The first-order chi connectivity index (χ1) is 9.91. The number of hydrogen-bond donors (Lipinski definition) is 3. The molecule has 6 nitrogen and oxygen atoms in total. The lowest BCUT2D eigenvalue weighted by atomic mass is 10.2. The predicted molar refractivity (Wildman–Crippen MR) is 76.7 cm³/mol. The lowest BCUT2D eigenvalue weighted by Gasteiger charge is -1.87. The molecule has 0 saturated heterocycles. The van der Waals surface area contributed by atoms with E-state index in [4.69, 9.17) is 15.3 Å². The van der Waals surface area contributed by atoms with Crippen LogP contribution in [0.15, 0.2) is 60.7 Å². The molecule has 0 unspecified atom stereocenters. The molecular weight excluding hydrogens is 276 g/mol. The maximum absolute atomic E-state index is 10.1. The summed E-state index contributed by atoms with van der Waals surface area (Å²) in [6.45, 7) is 0. The monoisotopic (exact) mass is 290 g/mol. The number of aliphatic carboxylic acids is 3. The van der Waals surface area contributed by atoms with Crippen molar-refractivity contribution in [3.63, 3.8) is 0 Å². The Labute approximate surface area is 121 Å². The van der Waals surface area contributed by atoms with E-state index in [1.165, 1.54) is 6.08 Å². The van der Waals surface area contributed by atoms with E-state index in [9.17, 15) is 14.4 Å². The van der Waals surface area contributed by atoms with E-state index in [0.717, 1.165) is 11.6 Å². The smallest absolute Gasteiger partial charge is 0.328 e. The van der Waals surface area contributed by atoms with Crippen LogP contribution in [0.4, 0.5) is 0 Å². The van der Waals surface area contributed by atoms with Crippen LogP contribution < -0.4 is 0 Å². The van der Waals surface area contributed by atoms with Gasteiger partial charge < -0.3 is 15.3 Å². The maximum Gasteiger partial charge on any atom is 0.328 e. The van der Waals surface area contributed by atoms with Gasteiger partial charge in [0.25, 0.3) is 0 Å². The molecule has 1 rings (SSSR count). The second-order valence-electron chi connectivity index (χ2n) is 3.48. The molecule has 0 bridgehead atoms. The first-order valence-electron chi connectivity index (χ1n) is 5.68. The Morgan fingerprint density at radius 1 is 0.714 bits per heavy atom. The molecule has 0 atom stereocenters. The summed E-state index contributed by atoms with van der Waals surface area (Å²) >= 11 is 0. The number of benzene rings is 1. The molecule has 1 aromatic carbocycles. The largest absolute Gasteiger partial charge is 0.478 e. The van der Waals surface area contributed by atoms with E-state index in [0.29, 0.717) is 12.2 Å². The van der Waals surface area contributed by atoms with Gasteiger partial charge in [0.2, 0.25) is 0 Å². The number of carboxylic acid groups (broad SMARTS) is 3. The molecule has 0 heterocycles. The lowest BCUT2D eigenvalue weighted by Crippen LogP contribution is -1.91. The molecule has 0 fully saturated rings. The molecule has 0 aromatic heterocycles. The van der Waals surface area contributed by atoms with Gasteiger partial charge in [0.05, 0.1) is 0 Å². The van der Waals surface area contributed by atoms with Crippen LogP contribution in [0.1, 0.15) is 5.56 Å². The highest BCUT2D eigenvalue weighted by molar-refractivity contribution is 5.89. The Balaban J connectivity index is 0.000000433. The quantitative estimate of drug-likeness (QED) is 0.565. The predicted octanol–water partition coefficient (Wildman–Crippen LogP) is 2.05. The summed E-state index contributed by atoms with van der Waals surface area (Å²) in [6.07, 6.45) is 7.25. The van der Waals surface area contributed by atoms with Crippen LogP contribution >= 0.6 is 0 Å². The van der Waals surface area contributed by atoms with Gasteiger partial charge in [0, 0.05) is 18.2 Å². The molecule has 3 N–H and O–H groups in total. The lowest BCUT2D eigenvalue weighted by molar-refractivity contribution is -0.134. The highest BCUT2D eigenvalue weighted by atomic mass is 16.4. The second kappa shape index (κ2) is 10.7. The molecular formula is C15H14O6. The minimum Gasteiger partial charge on any atom is -0.478 e. The third kappa shape index (κ3) is 13.1. The fourth-order valence-corrected chi connectivity index (χ4v) is 1.01. The van der Waals surface area contributed by atoms with Crippen molar-refractivity contribution in [2.75, 3.05) is 0 Å². The third-order valence-electron chi connectivity index (χ3n) is 1.81. The van der Waals surface area contributed by atoms with Crippen LogP contribution in [0.5, 0.6) is 0 Å². The van der Waals surface area contributed by atoms with Crippen molar-refractivity contribution in [2.45, 2.75) is 0 Å². The maximum atomic E-state index is 10.1. The normalized spacial score (nSPS) is 10.5. The van der Waals surface area contributed by atoms with Crippen LogP contribution in [0.3, 0.4) is 0 Å².